The lowest BCUT2D eigenvalue weighted by Gasteiger charge is -2.12. The number of hydrogen-bond acceptors (Lipinski definition) is 4. The van der Waals surface area contributed by atoms with Crippen LogP contribution in [0.4, 0.5) is 25.8 Å². The first-order chi connectivity index (χ1) is 9.56. The molecule has 2 aromatic rings. The van der Waals surface area contributed by atoms with E-state index in [0.717, 1.165) is 12.1 Å². The monoisotopic (exact) mass is 275 g/mol. The third-order valence-electron chi connectivity index (χ3n) is 2.71. The average molecular weight is 275 g/mol. The molecule has 0 aliphatic carbocycles. The SMILES string of the molecule is COc1cc(Nc2cccc(F)c2C#N)c(F)cc1N. The predicted octanol–water partition coefficient (Wildman–Crippen LogP) is 3.17. The molecule has 0 saturated carbocycles. The number of benzene rings is 2. The number of ether oxygens (including phenoxy) is 1. The summed E-state index contributed by atoms with van der Waals surface area (Å²) in [7, 11) is 1.40. The number of hydrogen-bond donors (Lipinski definition) is 2. The highest BCUT2D eigenvalue weighted by atomic mass is 19.1. The lowest BCUT2D eigenvalue weighted by Crippen LogP contribution is -2.01. The Morgan fingerprint density at radius 3 is 2.60 bits per heavy atom. The smallest absolute Gasteiger partial charge is 0.148 e. The normalized spacial score (nSPS) is 9.90. The molecule has 0 fully saturated rings. The van der Waals surface area contributed by atoms with Gasteiger partial charge in [0.15, 0.2) is 0 Å². The van der Waals surface area contributed by atoms with Crippen LogP contribution >= 0.6 is 0 Å². The van der Waals surface area contributed by atoms with Gasteiger partial charge in [0.25, 0.3) is 0 Å². The lowest BCUT2D eigenvalue weighted by molar-refractivity contribution is 0.416. The highest BCUT2D eigenvalue weighted by Crippen LogP contribution is 2.31. The van der Waals surface area contributed by atoms with Crippen molar-refractivity contribution in [2.75, 3.05) is 18.2 Å². The molecule has 6 heteroatoms. The highest BCUT2D eigenvalue weighted by molar-refractivity contribution is 5.71. The van der Waals surface area contributed by atoms with Crippen LogP contribution in [0.3, 0.4) is 0 Å². The maximum Gasteiger partial charge on any atom is 0.148 e. The van der Waals surface area contributed by atoms with Gasteiger partial charge in [-0.05, 0) is 12.1 Å². The minimum Gasteiger partial charge on any atom is -0.495 e. The van der Waals surface area contributed by atoms with E-state index in [9.17, 15) is 8.78 Å². The molecule has 0 aliphatic rings. The second-order valence-corrected chi connectivity index (χ2v) is 3.97. The quantitative estimate of drug-likeness (QED) is 0.844. The number of nitrogen functional groups attached to an aromatic ring is 1. The molecule has 0 aromatic heterocycles. The number of methoxy groups -OCH3 is 1. The number of anilines is 3. The van der Waals surface area contributed by atoms with Gasteiger partial charge in [0.1, 0.15) is 29.0 Å². The van der Waals surface area contributed by atoms with Crippen molar-refractivity contribution < 1.29 is 13.5 Å². The van der Waals surface area contributed by atoms with Crippen LogP contribution in [0.5, 0.6) is 5.75 Å². The molecule has 0 spiro atoms. The van der Waals surface area contributed by atoms with Crippen molar-refractivity contribution in [1.82, 2.24) is 0 Å². The number of nitriles is 1. The molecule has 102 valence electrons. The zero-order chi connectivity index (χ0) is 14.7. The molecule has 0 radical (unpaired) electrons. The highest BCUT2D eigenvalue weighted by Gasteiger charge is 2.12. The topological polar surface area (TPSA) is 71.1 Å². The van der Waals surface area contributed by atoms with Crippen LogP contribution in [-0.4, -0.2) is 7.11 Å². The molecule has 0 heterocycles. The van der Waals surface area contributed by atoms with E-state index in [1.54, 1.807) is 6.07 Å². The molecule has 0 saturated heterocycles. The van der Waals surface area contributed by atoms with Gasteiger partial charge in [0.05, 0.1) is 24.2 Å². The Morgan fingerprint density at radius 1 is 1.20 bits per heavy atom. The molecule has 0 bridgehead atoms. The van der Waals surface area contributed by atoms with Crippen molar-refractivity contribution in [2.45, 2.75) is 0 Å². The predicted molar refractivity (Wildman–Crippen MR) is 71.8 cm³/mol. The summed E-state index contributed by atoms with van der Waals surface area (Å²) in [6, 6.07) is 8.22. The lowest BCUT2D eigenvalue weighted by atomic mass is 10.1. The van der Waals surface area contributed by atoms with Crippen LogP contribution in [0.15, 0.2) is 30.3 Å². The Balaban J connectivity index is 2.46. The van der Waals surface area contributed by atoms with E-state index in [-0.39, 0.29) is 28.4 Å². The molecule has 3 N–H and O–H groups in total. The van der Waals surface area contributed by atoms with Crippen molar-refractivity contribution in [3.8, 4) is 11.8 Å². The Kier molecular flexibility index (Phi) is 3.71. The summed E-state index contributed by atoms with van der Waals surface area (Å²) in [6.45, 7) is 0. The summed E-state index contributed by atoms with van der Waals surface area (Å²) in [4.78, 5) is 0. The Labute approximate surface area is 114 Å². The van der Waals surface area contributed by atoms with Gasteiger partial charge in [-0.15, -0.1) is 0 Å². The zero-order valence-corrected chi connectivity index (χ0v) is 10.6. The molecule has 0 aliphatic heterocycles. The van der Waals surface area contributed by atoms with Crippen molar-refractivity contribution >= 4 is 17.1 Å². The number of nitrogens with one attached hydrogen (secondary N) is 1. The average Bonchev–Trinajstić information content (AvgIpc) is 2.42. The van der Waals surface area contributed by atoms with Gasteiger partial charge in [-0.2, -0.15) is 5.26 Å². The Bertz CT molecular complexity index is 696. The fourth-order valence-corrected chi connectivity index (χ4v) is 1.73. The molecule has 0 unspecified atom stereocenters. The van der Waals surface area contributed by atoms with E-state index in [2.05, 4.69) is 5.32 Å². The number of halogens is 2. The first-order valence-corrected chi connectivity index (χ1v) is 5.65. The van der Waals surface area contributed by atoms with Crippen LogP contribution in [0.1, 0.15) is 5.56 Å². The van der Waals surface area contributed by atoms with E-state index in [4.69, 9.17) is 15.7 Å². The molecule has 2 aromatic carbocycles. The van der Waals surface area contributed by atoms with Gasteiger partial charge in [0.2, 0.25) is 0 Å². The maximum atomic E-state index is 13.8. The van der Waals surface area contributed by atoms with Gasteiger partial charge in [-0.1, -0.05) is 6.07 Å². The number of rotatable bonds is 3. The molecular weight excluding hydrogens is 264 g/mol. The Morgan fingerprint density at radius 2 is 1.95 bits per heavy atom. The molecule has 2 rings (SSSR count). The van der Waals surface area contributed by atoms with Crippen molar-refractivity contribution in [3.63, 3.8) is 0 Å². The third-order valence-corrected chi connectivity index (χ3v) is 2.71. The van der Waals surface area contributed by atoms with Crippen LogP contribution in [-0.2, 0) is 0 Å². The van der Waals surface area contributed by atoms with E-state index in [0.29, 0.717) is 0 Å². The van der Waals surface area contributed by atoms with E-state index < -0.39 is 11.6 Å². The molecule has 0 atom stereocenters. The number of nitrogens with zero attached hydrogens (tertiary/aromatic N) is 1. The zero-order valence-electron chi connectivity index (χ0n) is 10.6. The fraction of sp³-hybridized carbons (Fsp3) is 0.0714. The van der Waals surface area contributed by atoms with E-state index in [1.165, 1.54) is 25.3 Å². The van der Waals surface area contributed by atoms with Crippen LogP contribution in [0.2, 0.25) is 0 Å². The first kappa shape index (κ1) is 13.6. The Hall–Kier alpha value is -2.81. The van der Waals surface area contributed by atoms with Crippen LogP contribution in [0, 0.1) is 23.0 Å². The van der Waals surface area contributed by atoms with Crippen LogP contribution < -0.4 is 15.8 Å². The molecule has 4 nitrogen and oxygen atoms in total. The minimum absolute atomic E-state index is 0.0400. The summed E-state index contributed by atoms with van der Waals surface area (Å²) >= 11 is 0. The van der Waals surface area contributed by atoms with Gasteiger partial charge in [-0.25, -0.2) is 8.78 Å². The fourth-order valence-electron chi connectivity index (χ4n) is 1.73. The van der Waals surface area contributed by atoms with Gasteiger partial charge < -0.3 is 15.8 Å². The summed E-state index contributed by atoms with van der Waals surface area (Å²) < 4.78 is 32.3. The number of nitrogens with two attached hydrogens (primary N) is 1. The molecular formula is C14H11F2N3O. The largest absolute Gasteiger partial charge is 0.495 e. The maximum absolute atomic E-state index is 13.8. The van der Waals surface area contributed by atoms with Crippen molar-refractivity contribution in [2.24, 2.45) is 0 Å². The molecule has 20 heavy (non-hydrogen) atoms. The standard InChI is InChI=1S/C14H11F2N3O/c1-20-14-6-13(10(16)5-11(14)18)19-12-4-2-3-9(15)8(12)7-17/h2-6,19H,18H2,1H3. The van der Waals surface area contributed by atoms with Gasteiger partial charge in [0, 0.05) is 12.1 Å². The summed E-state index contributed by atoms with van der Waals surface area (Å²) in [5, 5.41) is 11.6. The van der Waals surface area contributed by atoms with Gasteiger partial charge >= 0.3 is 0 Å². The summed E-state index contributed by atoms with van der Waals surface area (Å²) in [5.74, 6) is -1.03. The van der Waals surface area contributed by atoms with Crippen molar-refractivity contribution in [1.29, 1.82) is 5.26 Å². The summed E-state index contributed by atoms with van der Waals surface area (Å²) in [5.41, 5.74) is 5.73. The van der Waals surface area contributed by atoms with Gasteiger partial charge in [-0.3, -0.25) is 0 Å². The molecule has 0 amide bonds. The first-order valence-electron chi connectivity index (χ1n) is 5.65. The summed E-state index contributed by atoms with van der Waals surface area (Å²) in [6.07, 6.45) is 0. The van der Waals surface area contributed by atoms with E-state index in [1.807, 2.05) is 0 Å². The van der Waals surface area contributed by atoms with E-state index >= 15 is 0 Å². The van der Waals surface area contributed by atoms with Crippen molar-refractivity contribution in [3.05, 3.63) is 47.5 Å². The second kappa shape index (κ2) is 5.45. The minimum atomic E-state index is -0.680. The second-order valence-electron chi connectivity index (χ2n) is 3.97. The third kappa shape index (κ3) is 2.47. The van der Waals surface area contributed by atoms with Crippen LogP contribution in [0.25, 0.3) is 0 Å².